The van der Waals surface area contributed by atoms with E-state index in [0.29, 0.717) is 18.4 Å². The van der Waals surface area contributed by atoms with Crippen molar-refractivity contribution < 1.29 is 4.79 Å². The molecule has 0 fully saturated rings. The minimum Gasteiger partial charge on any atom is -0.300 e. The Morgan fingerprint density at radius 3 is 2.73 bits per heavy atom. The third-order valence-electron chi connectivity index (χ3n) is 3.51. The summed E-state index contributed by atoms with van der Waals surface area (Å²) in [5.74, 6) is 0.168. The van der Waals surface area contributed by atoms with E-state index in [9.17, 15) is 4.79 Å². The summed E-state index contributed by atoms with van der Waals surface area (Å²) in [6, 6.07) is 13.4. The second kappa shape index (κ2) is 5.78. The van der Waals surface area contributed by atoms with Crippen LogP contribution in [0.15, 0.2) is 42.7 Å². The Hall–Kier alpha value is -3.00. The van der Waals surface area contributed by atoms with Gasteiger partial charge in [0.1, 0.15) is 12.1 Å². The topological polar surface area (TPSA) is 71.0 Å². The molecule has 3 rings (SSSR count). The van der Waals surface area contributed by atoms with Gasteiger partial charge in [-0.3, -0.25) is 0 Å². The SMILES string of the molecule is CC(=O)CCc1cc(-c2ccc(C#N)cc2)n2ncnc2c1. The van der Waals surface area contributed by atoms with Gasteiger partial charge < -0.3 is 4.79 Å². The van der Waals surface area contributed by atoms with E-state index < -0.39 is 0 Å². The number of aryl methyl sites for hydroxylation is 1. The molecule has 0 unspecified atom stereocenters. The summed E-state index contributed by atoms with van der Waals surface area (Å²) in [6.45, 7) is 1.59. The molecule has 0 amide bonds. The molecule has 0 N–H and O–H groups in total. The number of Topliss-reactive ketones (excluding diaryl/α,β-unsaturated/α-hetero) is 1. The van der Waals surface area contributed by atoms with E-state index in [2.05, 4.69) is 16.2 Å². The summed E-state index contributed by atoms with van der Waals surface area (Å²) in [7, 11) is 0. The Balaban J connectivity index is 2.07. The molecule has 0 saturated heterocycles. The smallest absolute Gasteiger partial charge is 0.156 e. The van der Waals surface area contributed by atoms with Crippen LogP contribution in [0, 0.1) is 11.3 Å². The second-order valence-corrected chi connectivity index (χ2v) is 5.17. The maximum absolute atomic E-state index is 11.2. The standard InChI is InChI=1S/C17H14N4O/c1-12(22)2-3-14-8-16(21-17(9-14)19-11-20-21)15-6-4-13(10-18)5-7-15/h4-9,11H,2-3H2,1H3. The van der Waals surface area contributed by atoms with Gasteiger partial charge in [-0.15, -0.1) is 0 Å². The first-order valence-electron chi connectivity index (χ1n) is 7.00. The third-order valence-corrected chi connectivity index (χ3v) is 3.51. The number of fused-ring (bicyclic) bond motifs is 1. The van der Waals surface area contributed by atoms with Gasteiger partial charge in [0.25, 0.3) is 0 Å². The summed E-state index contributed by atoms with van der Waals surface area (Å²) >= 11 is 0. The van der Waals surface area contributed by atoms with Crippen LogP contribution in [0.3, 0.4) is 0 Å². The summed E-state index contributed by atoms with van der Waals surface area (Å²) < 4.78 is 1.76. The number of rotatable bonds is 4. The van der Waals surface area contributed by atoms with Gasteiger partial charge in [-0.2, -0.15) is 10.4 Å². The minimum absolute atomic E-state index is 0.168. The molecule has 2 aromatic heterocycles. The van der Waals surface area contributed by atoms with Gasteiger partial charge in [-0.1, -0.05) is 12.1 Å². The highest BCUT2D eigenvalue weighted by molar-refractivity contribution is 5.76. The molecule has 3 aromatic rings. The predicted molar refractivity (Wildman–Crippen MR) is 82.1 cm³/mol. The number of benzene rings is 1. The van der Waals surface area contributed by atoms with E-state index in [1.807, 2.05) is 24.3 Å². The fourth-order valence-corrected chi connectivity index (χ4v) is 2.36. The lowest BCUT2D eigenvalue weighted by Gasteiger charge is -2.08. The number of hydrogen-bond donors (Lipinski definition) is 0. The highest BCUT2D eigenvalue weighted by atomic mass is 16.1. The number of aromatic nitrogens is 3. The van der Waals surface area contributed by atoms with Gasteiger partial charge >= 0.3 is 0 Å². The van der Waals surface area contributed by atoms with Crippen LogP contribution < -0.4 is 0 Å². The fourth-order valence-electron chi connectivity index (χ4n) is 2.36. The van der Waals surface area contributed by atoms with Crippen LogP contribution in [0.1, 0.15) is 24.5 Å². The van der Waals surface area contributed by atoms with Crippen LogP contribution >= 0.6 is 0 Å². The van der Waals surface area contributed by atoms with Crippen molar-refractivity contribution in [1.29, 1.82) is 5.26 Å². The summed E-state index contributed by atoms with van der Waals surface area (Å²) in [4.78, 5) is 15.4. The zero-order valence-corrected chi connectivity index (χ0v) is 12.2. The van der Waals surface area contributed by atoms with Gasteiger partial charge in [0.2, 0.25) is 0 Å². The van der Waals surface area contributed by atoms with Crippen LogP contribution in [-0.2, 0) is 11.2 Å². The number of ketones is 1. The van der Waals surface area contributed by atoms with E-state index >= 15 is 0 Å². The van der Waals surface area contributed by atoms with Crippen molar-refractivity contribution in [2.45, 2.75) is 19.8 Å². The van der Waals surface area contributed by atoms with E-state index in [-0.39, 0.29) is 5.78 Å². The lowest BCUT2D eigenvalue weighted by atomic mass is 10.0. The molecular weight excluding hydrogens is 276 g/mol. The van der Waals surface area contributed by atoms with E-state index in [4.69, 9.17) is 5.26 Å². The van der Waals surface area contributed by atoms with E-state index in [1.54, 1.807) is 23.6 Å². The molecule has 0 aliphatic rings. The fraction of sp³-hybridized carbons (Fsp3) is 0.176. The monoisotopic (exact) mass is 290 g/mol. The number of carbonyl (C=O) groups is 1. The van der Waals surface area contributed by atoms with Crippen molar-refractivity contribution in [3.05, 3.63) is 53.9 Å². The van der Waals surface area contributed by atoms with Crippen molar-refractivity contribution >= 4 is 11.4 Å². The van der Waals surface area contributed by atoms with Crippen LogP contribution in [-0.4, -0.2) is 20.4 Å². The molecular formula is C17H14N4O. The van der Waals surface area contributed by atoms with Crippen LogP contribution in [0.5, 0.6) is 0 Å². The maximum Gasteiger partial charge on any atom is 0.156 e. The largest absolute Gasteiger partial charge is 0.300 e. The first kappa shape index (κ1) is 14.0. The lowest BCUT2D eigenvalue weighted by molar-refractivity contribution is -0.116. The Kier molecular flexibility index (Phi) is 3.67. The van der Waals surface area contributed by atoms with Crippen molar-refractivity contribution in [3.63, 3.8) is 0 Å². The Morgan fingerprint density at radius 2 is 2.05 bits per heavy atom. The second-order valence-electron chi connectivity index (χ2n) is 5.17. The average Bonchev–Trinajstić information content (AvgIpc) is 3.00. The van der Waals surface area contributed by atoms with E-state index in [1.165, 1.54) is 6.33 Å². The van der Waals surface area contributed by atoms with Gasteiger partial charge in [-0.25, -0.2) is 9.50 Å². The van der Waals surface area contributed by atoms with Gasteiger partial charge in [-0.05, 0) is 43.2 Å². The Morgan fingerprint density at radius 1 is 1.27 bits per heavy atom. The molecule has 22 heavy (non-hydrogen) atoms. The molecule has 5 heteroatoms. The third kappa shape index (κ3) is 2.72. The molecule has 0 aliphatic heterocycles. The highest BCUT2D eigenvalue weighted by Crippen LogP contribution is 2.23. The highest BCUT2D eigenvalue weighted by Gasteiger charge is 2.09. The van der Waals surface area contributed by atoms with Crippen molar-refractivity contribution in [1.82, 2.24) is 14.6 Å². The van der Waals surface area contributed by atoms with Crippen LogP contribution in [0.2, 0.25) is 0 Å². The predicted octanol–water partition coefficient (Wildman–Crippen LogP) is 2.79. The normalized spacial score (nSPS) is 10.5. The van der Waals surface area contributed by atoms with Crippen LogP contribution in [0.4, 0.5) is 0 Å². The van der Waals surface area contributed by atoms with E-state index in [0.717, 1.165) is 22.5 Å². The molecule has 0 saturated carbocycles. The molecule has 5 nitrogen and oxygen atoms in total. The summed E-state index contributed by atoms with van der Waals surface area (Å²) in [5.41, 5.74) is 4.28. The summed E-state index contributed by atoms with van der Waals surface area (Å²) in [5, 5.41) is 13.1. The Labute approximate surface area is 127 Å². The van der Waals surface area contributed by atoms with Gasteiger partial charge in [0.05, 0.1) is 17.3 Å². The zero-order chi connectivity index (χ0) is 15.5. The molecule has 0 spiro atoms. The first-order valence-corrected chi connectivity index (χ1v) is 7.00. The quantitative estimate of drug-likeness (QED) is 0.740. The number of pyridine rings is 1. The zero-order valence-electron chi connectivity index (χ0n) is 12.2. The Bertz CT molecular complexity index is 872. The molecule has 0 radical (unpaired) electrons. The van der Waals surface area contributed by atoms with Gasteiger partial charge in [0.15, 0.2) is 5.65 Å². The molecule has 1 aromatic carbocycles. The average molecular weight is 290 g/mol. The molecule has 108 valence electrons. The van der Waals surface area contributed by atoms with Gasteiger partial charge in [0, 0.05) is 12.0 Å². The molecule has 0 aliphatic carbocycles. The molecule has 2 heterocycles. The number of hydrogen-bond acceptors (Lipinski definition) is 4. The number of nitrogens with zero attached hydrogens (tertiary/aromatic N) is 4. The first-order chi connectivity index (χ1) is 10.7. The van der Waals surface area contributed by atoms with Crippen molar-refractivity contribution in [3.8, 4) is 17.3 Å². The van der Waals surface area contributed by atoms with Crippen molar-refractivity contribution in [2.75, 3.05) is 0 Å². The lowest BCUT2D eigenvalue weighted by Crippen LogP contribution is -1.99. The number of carbonyl (C=O) groups excluding carboxylic acids is 1. The van der Waals surface area contributed by atoms with Crippen molar-refractivity contribution in [2.24, 2.45) is 0 Å². The molecule has 0 bridgehead atoms. The minimum atomic E-state index is 0.168. The number of nitriles is 1. The van der Waals surface area contributed by atoms with Crippen LogP contribution in [0.25, 0.3) is 16.9 Å². The molecule has 0 atom stereocenters. The maximum atomic E-state index is 11.2. The summed E-state index contributed by atoms with van der Waals surface area (Å²) in [6.07, 6.45) is 2.70.